The van der Waals surface area contributed by atoms with E-state index >= 15 is 0 Å². The quantitative estimate of drug-likeness (QED) is 0.412. The smallest absolute Gasteiger partial charge is 0.242 e. The summed E-state index contributed by atoms with van der Waals surface area (Å²) in [6.45, 7) is 4.84. The maximum atomic E-state index is 13.0. The molecule has 8 heteroatoms. The van der Waals surface area contributed by atoms with E-state index in [0.29, 0.717) is 40.4 Å². The number of carbonyl (C=O) groups excluding carboxylic acids is 2. The Kier molecular flexibility index (Phi) is 10.4. The zero-order valence-electron chi connectivity index (χ0n) is 17.7. The molecule has 0 aliphatic heterocycles. The normalized spacial score (nSPS) is 11.6. The van der Waals surface area contributed by atoms with Crippen LogP contribution in [0.2, 0.25) is 15.1 Å². The van der Waals surface area contributed by atoms with Crippen LogP contribution in [0.15, 0.2) is 42.5 Å². The molecule has 0 fully saturated rings. The molecular weight excluding hydrogens is 459 g/mol. The third kappa shape index (κ3) is 8.24. The number of halogens is 3. The minimum absolute atomic E-state index is 0.148. The van der Waals surface area contributed by atoms with Crippen LogP contribution in [0, 0.1) is 0 Å². The molecule has 2 amide bonds. The molecule has 0 bridgehead atoms. The van der Waals surface area contributed by atoms with Crippen LogP contribution in [0.25, 0.3) is 0 Å². The Balaban J connectivity index is 2.02. The molecule has 0 saturated heterocycles. The molecule has 2 aromatic rings. The number of benzene rings is 2. The van der Waals surface area contributed by atoms with Crippen molar-refractivity contribution >= 4 is 46.6 Å². The summed E-state index contributed by atoms with van der Waals surface area (Å²) in [5.74, 6) is 0.344. The molecule has 1 N–H and O–H groups in total. The van der Waals surface area contributed by atoms with Crippen molar-refractivity contribution in [2.45, 2.75) is 45.7 Å². The monoisotopic (exact) mass is 484 g/mol. The van der Waals surface area contributed by atoms with Gasteiger partial charge in [-0.1, -0.05) is 47.8 Å². The molecular formula is C23H27Cl3N2O3. The molecule has 0 radical (unpaired) electrons. The number of nitrogens with zero attached hydrogens (tertiary/aromatic N) is 1. The van der Waals surface area contributed by atoms with Crippen molar-refractivity contribution in [1.82, 2.24) is 10.2 Å². The molecule has 0 heterocycles. The van der Waals surface area contributed by atoms with E-state index in [0.717, 1.165) is 12.0 Å². The second-order valence-corrected chi connectivity index (χ2v) is 8.41. The second kappa shape index (κ2) is 12.8. The van der Waals surface area contributed by atoms with Crippen LogP contribution in [0.4, 0.5) is 0 Å². The van der Waals surface area contributed by atoms with Crippen molar-refractivity contribution in [3.8, 4) is 5.75 Å². The number of nitrogens with one attached hydrogen (secondary N) is 1. The fraction of sp³-hybridized carbons (Fsp3) is 0.391. The number of hydrogen-bond acceptors (Lipinski definition) is 3. The summed E-state index contributed by atoms with van der Waals surface area (Å²) in [5.41, 5.74) is 0.729. The molecule has 0 saturated carbocycles. The van der Waals surface area contributed by atoms with Crippen LogP contribution < -0.4 is 10.1 Å². The van der Waals surface area contributed by atoms with Crippen molar-refractivity contribution < 1.29 is 14.3 Å². The number of carbonyl (C=O) groups is 2. The average Bonchev–Trinajstić information content (AvgIpc) is 2.75. The van der Waals surface area contributed by atoms with E-state index in [4.69, 9.17) is 39.5 Å². The van der Waals surface area contributed by atoms with Crippen molar-refractivity contribution in [2.24, 2.45) is 0 Å². The Morgan fingerprint density at radius 2 is 1.74 bits per heavy atom. The molecule has 2 aromatic carbocycles. The topological polar surface area (TPSA) is 58.6 Å². The highest BCUT2D eigenvalue weighted by atomic mass is 35.5. The molecule has 0 aliphatic rings. The Morgan fingerprint density at radius 1 is 1.06 bits per heavy atom. The van der Waals surface area contributed by atoms with E-state index < -0.39 is 6.04 Å². The SMILES string of the molecule is CCCNC(=O)[C@@H](C)N(Cc1ccc(Cl)cc1Cl)C(=O)CCCOc1ccc(Cl)cc1. The average molecular weight is 486 g/mol. The van der Waals surface area contributed by atoms with E-state index in [1.807, 2.05) is 6.92 Å². The maximum absolute atomic E-state index is 13.0. The highest BCUT2D eigenvalue weighted by Crippen LogP contribution is 2.24. The first-order valence-corrected chi connectivity index (χ1v) is 11.3. The molecule has 31 heavy (non-hydrogen) atoms. The van der Waals surface area contributed by atoms with E-state index in [9.17, 15) is 9.59 Å². The zero-order chi connectivity index (χ0) is 22.8. The predicted octanol–water partition coefficient (Wildman–Crippen LogP) is 5.75. The van der Waals surface area contributed by atoms with Crippen LogP contribution in [0.1, 0.15) is 38.7 Å². The molecule has 168 valence electrons. The Labute approximate surface area is 198 Å². The summed E-state index contributed by atoms with van der Waals surface area (Å²) >= 11 is 18.1. The van der Waals surface area contributed by atoms with Crippen molar-refractivity contribution in [1.29, 1.82) is 0 Å². The van der Waals surface area contributed by atoms with Crippen LogP contribution in [-0.2, 0) is 16.1 Å². The van der Waals surface area contributed by atoms with Gasteiger partial charge in [0.15, 0.2) is 0 Å². The lowest BCUT2D eigenvalue weighted by Crippen LogP contribution is -2.47. The fourth-order valence-electron chi connectivity index (χ4n) is 2.90. The first-order valence-electron chi connectivity index (χ1n) is 10.2. The van der Waals surface area contributed by atoms with Gasteiger partial charge >= 0.3 is 0 Å². The summed E-state index contributed by atoms with van der Waals surface area (Å²) < 4.78 is 5.66. The standard InChI is InChI=1S/C23H27Cl3N2O3/c1-3-12-27-23(30)16(2)28(15-17-6-7-19(25)14-21(17)26)22(29)5-4-13-31-20-10-8-18(24)9-11-20/h6-11,14,16H,3-5,12-13,15H2,1-2H3,(H,27,30)/t16-/m1/s1. The molecule has 0 unspecified atom stereocenters. The second-order valence-electron chi connectivity index (χ2n) is 7.13. The number of hydrogen-bond donors (Lipinski definition) is 1. The summed E-state index contributed by atoms with van der Waals surface area (Å²) in [6.07, 6.45) is 1.57. The van der Waals surface area contributed by atoms with Gasteiger partial charge in [-0.3, -0.25) is 9.59 Å². The van der Waals surface area contributed by atoms with Gasteiger partial charge in [-0.25, -0.2) is 0 Å². The lowest BCUT2D eigenvalue weighted by molar-refractivity contribution is -0.140. The number of amides is 2. The van der Waals surface area contributed by atoms with Crippen LogP contribution in [-0.4, -0.2) is 35.9 Å². The Morgan fingerprint density at radius 3 is 2.39 bits per heavy atom. The molecule has 5 nitrogen and oxygen atoms in total. The summed E-state index contributed by atoms with van der Waals surface area (Å²) in [4.78, 5) is 27.1. The van der Waals surface area contributed by atoms with Gasteiger partial charge in [-0.2, -0.15) is 0 Å². The summed E-state index contributed by atoms with van der Waals surface area (Å²) in [7, 11) is 0. The molecule has 0 aliphatic carbocycles. The lowest BCUT2D eigenvalue weighted by atomic mass is 10.1. The van der Waals surface area contributed by atoms with Gasteiger partial charge in [0.2, 0.25) is 11.8 Å². The number of rotatable bonds is 11. The largest absolute Gasteiger partial charge is 0.494 e. The van der Waals surface area contributed by atoms with Gasteiger partial charge in [0, 0.05) is 34.6 Å². The van der Waals surface area contributed by atoms with E-state index in [2.05, 4.69) is 5.32 Å². The van der Waals surface area contributed by atoms with Crippen LogP contribution in [0.5, 0.6) is 5.75 Å². The molecule has 2 rings (SSSR count). The predicted molar refractivity (Wildman–Crippen MR) is 126 cm³/mol. The number of ether oxygens (including phenoxy) is 1. The van der Waals surface area contributed by atoms with Crippen molar-refractivity contribution in [3.63, 3.8) is 0 Å². The molecule has 0 aromatic heterocycles. The van der Waals surface area contributed by atoms with Gasteiger partial charge in [0.1, 0.15) is 11.8 Å². The highest BCUT2D eigenvalue weighted by Gasteiger charge is 2.26. The first kappa shape index (κ1) is 25.3. The van der Waals surface area contributed by atoms with Gasteiger partial charge < -0.3 is 15.0 Å². The fourth-order valence-corrected chi connectivity index (χ4v) is 3.49. The third-order valence-electron chi connectivity index (χ3n) is 4.69. The Hall–Kier alpha value is -1.95. The van der Waals surface area contributed by atoms with E-state index in [1.165, 1.54) is 0 Å². The minimum Gasteiger partial charge on any atom is -0.494 e. The van der Waals surface area contributed by atoms with Crippen LogP contribution >= 0.6 is 34.8 Å². The first-order chi connectivity index (χ1) is 14.8. The van der Waals surface area contributed by atoms with Gasteiger partial charge in [0.25, 0.3) is 0 Å². The molecule has 1 atom stereocenters. The highest BCUT2D eigenvalue weighted by molar-refractivity contribution is 6.35. The van der Waals surface area contributed by atoms with Gasteiger partial charge in [0.05, 0.1) is 6.61 Å². The summed E-state index contributed by atoms with van der Waals surface area (Å²) in [6, 6.07) is 11.5. The summed E-state index contributed by atoms with van der Waals surface area (Å²) in [5, 5.41) is 4.45. The lowest BCUT2D eigenvalue weighted by Gasteiger charge is -2.29. The third-order valence-corrected chi connectivity index (χ3v) is 5.53. The minimum atomic E-state index is -0.636. The van der Waals surface area contributed by atoms with Gasteiger partial charge in [-0.15, -0.1) is 0 Å². The van der Waals surface area contributed by atoms with E-state index in [-0.39, 0.29) is 24.8 Å². The maximum Gasteiger partial charge on any atom is 0.242 e. The Bertz CT molecular complexity index is 875. The zero-order valence-corrected chi connectivity index (χ0v) is 19.9. The molecule has 0 spiro atoms. The van der Waals surface area contributed by atoms with Crippen molar-refractivity contribution in [3.05, 3.63) is 63.1 Å². The van der Waals surface area contributed by atoms with Crippen LogP contribution in [0.3, 0.4) is 0 Å². The van der Waals surface area contributed by atoms with Crippen molar-refractivity contribution in [2.75, 3.05) is 13.2 Å². The van der Waals surface area contributed by atoms with Gasteiger partial charge in [-0.05, 0) is 61.7 Å². The van der Waals surface area contributed by atoms with E-state index in [1.54, 1.807) is 54.3 Å².